The van der Waals surface area contributed by atoms with E-state index >= 15 is 0 Å². The maximum absolute atomic E-state index is 12.3. The van der Waals surface area contributed by atoms with E-state index in [0.29, 0.717) is 19.0 Å². The number of pyridine rings is 1. The number of carbonyl (C=O) groups is 1. The van der Waals surface area contributed by atoms with Gasteiger partial charge in [-0.2, -0.15) is 0 Å². The van der Waals surface area contributed by atoms with E-state index in [1.165, 1.54) is 0 Å². The second-order valence-electron chi connectivity index (χ2n) is 7.83. The molecule has 0 aliphatic carbocycles. The molecule has 1 unspecified atom stereocenters. The summed E-state index contributed by atoms with van der Waals surface area (Å²) in [5, 5.41) is 6.66. The predicted molar refractivity (Wildman–Crippen MR) is 123 cm³/mol. The minimum Gasteiger partial charge on any atom is -0.444 e. The van der Waals surface area contributed by atoms with Crippen LogP contribution in [0.2, 0.25) is 0 Å². The molecule has 1 amide bonds. The van der Waals surface area contributed by atoms with Crippen molar-refractivity contribution in [1.29, 1.82) is 0 Å². The number of nitrogens with zero attached hydrogens (tertiary/aromatic N) is 3. The van der Waals surface area contributed by atoms with E-state index in [1.54, 1.807) is 6.20 Å². The summed E-state index contributed by atoms with van der Waals surface area (Å²) in [6.45, 7) is 11.3. The van der Waals surface area contributed by atoms with E-state index in [-0.39, 0.29) is 30.1 Å². The lowest BCUT2D eigenvalue weighted by Gasteiger charge is -2.34. The van der Waals surface area contributed by atoms with Gasteiger partial charge in [-0.25, -0.2) is 9.79 Å². The van der Waals surface area contributed by atoms with E-state index in [2.05, 4.69) is 20.6 Å². The number of hydrogen-bond acceptors (Lipinski definition) is 4. The zero-order valence-electron chi connectivity index (χ0n) is 17.4. The number of hydrogen-bond donors (Lipinski definition) is 2. The first-order valence-corrected chi connectivity index (χ1v) is 9.77. The lowest BCUT2D eigenvalue weighted by Crippen LogP contribution is -2.47. The van der Waals surface area contributed by atoms with Gasteiger partial charge in [-0.15, -0.1) is 24.0 Å². The average molecular weight is 503 g/mol. The van der Waals surface area contributed by atoms with Crippen molar-refractivity contribution in [3.63, 3.8) is 0 Å². The Labute approximate surface area is 185 Å². The maximum atomic E-state index is 12.3. The molecule has 158 valence electrons. The molecule has 8 heteroatoms. The Hall–Kier alpha value is -1.58. The molecule has 2 rings (SSSR count). The number of piperidine rings is 1. The lowest BCUT2D eigenvalue weighted by atomic mass is 9.98. The Kier molecular flexibility index (Phi) is 10.6. The minimum absolute atomic E-state index is 0. The second kappa shape index (κ2) is 12.1. The summed E-state index contributed by atoms with van der Waals surface area (Å²) >= 11 is 0. The molecule has 1 fully saturated rings. The number of aromatic nitrogens is 1. The lowest BCUT2D eigenvalue weighted by molar-refractivity contribution is 0.0168. The molecule has 1 aliphatic heterocycles. The molecular formula is C20H34IN5O2. The Balaban J connectivity index is 0.00000392. The van der Waals surface area contributed by atoms with Crippen LogP contribution in [0.3, 0.4) is 0 Å². The molecule has 1 aromatic rings. The van der Waals surface area contributed by atoms with E-state index in [4.69, 9.17) is 4.74 Å². The fourth-order valence-corrected chi connectivity index (χ4v) is 2.96. The highest BCUT2D eigenvalue weighted by atomic mass is 127. The Morgan fingerprint density at radius 3 is 2.79 bits per heavy atom. The first-order chi connectivity index (χ1) is 12.9. The molecular weight excluding hydrogens is 469 g/mol. The number of guanidine groups is 1. The number of rotatable bonds is 5. The van der Waals surface area contributed by atoms with E-state index in [0.717, 1.165) is 44.1 Å². The number of halogens is 1. The van der Waals surface area contributed by atoms with Gasteiger partial charge in [0.05, 0.1) is 12.2 Å². The van der Waals surface area contributed by atoms with Crippen molar-refractivity contribution in [1.82, 2.24) is 20.5 Å². The summed E-state index contributed by atoms with van der Waals surface area (Å²) in [6.07, 6.45) is 3.64. The summed E-state index contributed by atoms with van der Waals surface area (Å²) in [5.41, 5.74) is 0.474. The molecule has 0 spiro atoms. The van der Waals surface area contributed by atoms with E-state index in [9.17, 15) is 4.79 Å². The quantitative estimate of drug-likeness (QED) is 0.366. The van der Waals surface area contributed by atoms with E-state index < -0.39 is 5.60 Å². The van der Waals surface area contributed by atoms with Gasteiger partial charge in [0.15, 0.2) is 5.96 Å². The summed E-state index contributed by atoms with van der Waals surface area (Å²) in [4.78, 5) is 23.0. The van der Waals surface area contributed by atoms with Crippen LogP contribution in [0.1, 0.15) is 46.2 Å². The van der Waals surface area contributed by atoms with Crippen LogP contribution < -0.4 is 10.6 Å². The van der Waals surface area contributed by atoms with Crippen molar-refractivity contribution in [2.75, 3.05) is 26.2 Å². The van der Waals surface area contributed by atoms with Crippen molar-refractivity contribution in [2.45, 2.75) is 52.7 Å². The molecule has 2 N–H and O–H groups in total. The van der Waals surface area contributed by atoms with Crippen LogP contribution in [0.15, 0.2) is 29.4 Å². The van der Waals surface area contributed by atoms with Gasteiger partial charge in [-0.05, 0) is 58.6 Å². The van der Waals surface area contributed by atoms with Gasteiger partial charge in [-0.3, -0.25) is 4.98 Å². The highest BCUT2D eigenvalue weighted by molar-refractivity contribution is 14.0. The molecule has 1 atom stereocenters. The Bertz CT molecular complexity index is 619. The van der Waals surface area contributed by atoms with Crippen LogP contribution >= 0.6 is 24.0 Å². The van der Waals surface area contributed by atoms with Crippen LogP contribution in [0.5, 0.6) is 0 Å². The monoisotopic (exact) mass is 503 g/mol. The number of carbonyl (C=O) groups excluding carboxylic acids is 1. The molecule has 28 heavy (non-hydrogen) atoms. The van der Waals surface area contributed by atoms with Gasteiger partial charge < -0.3 is 20.3 Å². The van der Waals surface area contributed by atoms with Crippen molar-refractivity contribution in [3.8, 4) is 0 Å². The zero-order chi connectivity index (χ0) is 19.7. The van der Waals surface area contributed by atoms with Gasteiger partial charge >= 0.3 is 6.09 Å². The number of aliphatic imine (C=N–C) groups is 1. The van der Waals surface area contributed by atoms with Gasteiger partial charge in [0.25, 0.3) is 0 Å². The van der Waals surface area contributed by atoms with Crippen LogP contribution in [-0.2, 0) is 11.3 Å². The highest BCUT2D eigenvalue weighted by Gasteiger charge is 2.27. The van der Waals surface area contributed by atoms with Gasteiger partial charge in [0.2, 0.25) is 0 Å². The van der Waals surface area contributed by atoms with Gasteiger partial charge in [0, 0.05) is 32.4 Å². The average Bonchev–Trinajstić information content (AvgIpc) is 2.64. The summed E-state index contributed by atoms with van der Waals surface area (Å²) in [7, 11) is 0. The van der Waals surface area contributed by atoms with Crippen molar-refractivity contribution < 1.29 is 9.53 Å². The van der Waals surface area contributed by atoms with Crippen LogP contribution in [0.4, 0.5) is 4.79 Å². The highest BCUT2D eigenvalue weighted by Crippen LogP contribution is 2.18. The predicted octanol–water partition coefficient (Wildman–Crippen LogP) is 3.40. The van der Waals surface area contributed by atoms with E-state index in [1.807, 2.05) is 50.8 Å². The molecule has 0 aromatic carbocycles. The van der Waals surface area contributed by atoms with Crippen molar-refractivity contribution >= 4 is 36.0 Å². The summed E-state index contributed by atoms with van der Waals surface area (Å²) in [5.74, 6) is 1.16. The first-order valence-electron chi connectivity index (χ1n) is 9.77. The third kappa shape index (κ3) is 9.07. The van der Waals surface area contributed by atoms with Crippen LogP contribution in [0.25, 0.3) is 0 Å². The minimum atomic E-state index is -0.460. The molecule has 0 radical (unpaired) electrons. The summed E-state index contributed by atoms with van der Waals surface area (Å²) < 4.78 is 5.50. The zero-order valence-corrected chi connectivity index (χ0v) is 19.7. The number of likely N-dealkylation sites (tertiary alicyclic amines) is 1. The molecule has 1 aromatic heterocycles. The van der Waals surface area contributed by atoms with Crippen molar-refractivity contribution in [2.24, 2.45) is 10.9 Å². The fraction of sp³-hybridized carbons (Fsp3) is 0.650. The standard InChI is InChI=1S/C20H33N5O2.HI/c1-5-21-18(24-14-17-10-6-7-11-22-17)23-13-16-9-8-12-25(15-16)19(26)27-20(2,3)4;/h6-7,10-11,16H,5,8-9,12-15H2,1-4H3,(H2,21,23,24);1H. The smallest absolute Gasteiger partial charge is 0.410 e. The van der Waals surface area contributed by atoms with Gasteiger partial charge in [-0.1, -0.05) is 6.07 Å². The number of amides is 1. The fourth-order valence-electron chi connectivity index (χ4n) is 2.96. The topological polar surface area (TPSA) is 78.9 Å². The van der Waals surface area contributed by atoms with Gasteiger partial charge in [0.1, 0.15) is 5.60 Å². The third-order valence-electron chi connectivity index (χ3n) is 4.20. The normalized spacial score (nSPS) is 17.5. The third-order valence-corrected chi connectivity index (χ3v) is 4.20. The summed E-state index contributed by atoms with van der Waals surface area (Å²) in [6, 6.07) is 5.83. The molecule has 2 heterocycles. The van der Waals surface area contributed by atoms with Crippen molar-refractivity contribution in [3.05, 3.63) is 30.1 Å². The molecule has 1 aliphatic rings. The number of nitrogens with one attached hydrogen (secondary N) is 2. The molecule has 0 bridgehead atoms. The Morgan fingerprint density at radius 2 is 2.14 bits per heavy atom. The maximum Gasteiger partial charge on any atom is 0.410 e. The first kappa shape index (κ1) is 24.5. The molecule has 1 saturated heterocycles. The second-order valence-corrected chi connectivity index (χ2v) is 7.83. The van der Waals surface area contributed by atoms with Crippen LogP contribution in [0, 0.1) is 5.92 Å². The molecule has 0 saturated carbocycles. The Morgan fingerprint density at radius 1 is 1.36 bits per heavy atom. The number of ether oxygens (including phenoxy) is 1. The van der Waals surface area contributed by atoms with Crippen LogP contribution in [-0.4, -0.2) is 53.7 Å². The largest absolute Gasteiger partial charge is 0.444 e. The molecule has 7 nitrogen and oxygen atoms in total. The SMILES string of the molecule is CCNC(=NCc1ccccn1)NCC1CCCN(C(=O)OC(C)(C)C)C1.I.